The Bertz CT molecular complexity index is 1080. The van der Waals surface area contributed by atoms with Crippen LogP contribution in [0.1, 0.15) is 63.1 Å². The zero-order valence-electron chi connectivity index (χ0n) is 17.2. The van der Waals surface area contributed by atoms with Gasteiger partial charge in [0.2, 0.25) is 0 Å². The number of hydrogen-bond acceptors (Lipinski definition) is 5. The van der Waals surface area contributed by atoms with Gasteiger partial charge in [-0.1, -0.05) is 60.2 Å². The second-order valence-electron chi connectivity index (χ2n) is 7.89. The van der Waals surface area contributed by atoms with Crippen LogP contribution in [0.4, 0.5) is 0 Å². The van der Waals surface area contributed by atoms with E-state index in [0.717, 1.165) is 47.7 Å². The highest BCUT2D eigenvalue weighted by Gasteiger charge is 2.19. The summed E-state index contributed by atoms with van der Waals surface area (Å²) in [5.74, 6) is -0.401. The van der Waals surface area contributed by atoms with Crippen LogP contribution in [-0.4, -0.2) is 27.1 Å². The molecule has 158 valence electrons. The maximum atomic E-state index is 12.7. The molecule has 6 heteroatoms. The molecule has 0 atom stereocenters. The number of carboxylic acid groups (broad SMARTS) is 1. The maximum absolute atomic E-state index is 12.7. The number of carboxylic acids is 1. The van der Waals surface area contributed by atoms with Crippen LogP contribution < -0.4 is 0 Å². The smallest absolute Gasteiger partial charge is 0.328 e. The van der Waals surface area contributed by atoms with Gasteiger partial charge in [0, 0.05) is 18.1 Å². The van der Waals surface area contributed by atoms with Crippen molar-refractivity contribution in [3.63, 3.8) is 0 Å². The number of carbonyl (C=O) groups is 2. The number of carbonyl (C=O) groups excluding carboxylic acids is 1. The number of nitrogens with zero attached hydrogens (tertiary/aromatic N) is 2. The molecule has 1 heterocycles. The van der Waals surface area contributed by atoms with Crippen LogP contribution in [0, 0.1) is 0 Å². The van der Waals surface area contributed by atoms with E-state index < -0.39 is 5.97 Å². The maximum Gasteiger partial charge on any atom is 0.328 e. The predicted octanol–water partition coefficient (Wildman–Crippen LogP) is 5.22. The minimum Gasteiger partial charge on any atom is -0.478 e. The first-order chi connectivity index (χ1) is 15.1. The molecule has 0 spiro atoms. The van der Waals surface area contributed by atoms with E-state index in [1.165, 1.54) is 28.5 Å². The summed E-state index contributed by atoms with van der Waals surface area (Å²) in [5.41, 5.74) is 4.09. The fourth-order valence-corrected chi connectivity index (χ4v) is 4.90. The summed E-state index contributed by atoms with van der Waals surface area (Å²) in [4.78, 5) is 23.5. The highest BCUT2D eigenvalue weighted by Crippen LogP contribution is 2.35. The average molecular weight is 433 g/mol. The van der Waals surface area contributed by atoms with Gasteiger partial charge in [-0.2, -0.15) is 0 Å². The van der Waals surface area contributed by atoms with Gasteiger partial charge in [-0.05, 0) is 42.7 Å². The number of benzene rings is 2. The third-order valence-corrected chi connectivity index (χ3v) is 6.60. The second-order valence-corrected chi connectivity index (χ2v) is 9.04. The van der Waals surface area contributed by atoms with E-state index in [-0.39, 0.29) is 12.2 Å². The molecule has 3 aromatic rings. The zero-order chi connectivity index (χ0) is 21.6. The fourth-order valence-electron chi connectivity index (χ4n) is 4.02. The molecule has 0 radical (unpaired) electrons. The number of Topliss-reactive ketones (excluding diaryl/α,β-unsaturated/α-hetero) is 1. The van der Waals surface area contributed by atoms with Gasteiger partial charge in [0.25, 0.3) is 0 Å². The van der Waals surface area contributed by atoms with Crippen LogP contribution in [0.3, 0.4) is 0 Å². The van der Waals surface area contributed by atoms with Crippen molar-refractivity contribution in [3.8, 4) is 0 Å². The van der Waals surface area contributed by atoms with Crippen molar-refractivity contribution in [3.05, 3.63) is 93.0 Å². The van der Waals surface area contributed by atoms with E-state index in [4.69, 9.17) is 5.11 Å². The van der Waals surface area contributed by atoms with Crippen molar-refractivity contribution in [1.82, 2.24) is 10.2 Å². The molecule has 0 bridgehead atoms. The van der Waals surface area contributed by atoms with Gasteiger partial charge in [-0.3, -0.25) is 4.79 Å². The lowest BCUT2D eigenvalue weighted by Gasteiger charge is -2.24. The van der Waals surface area contributed by atoms with E-state index in [0.29, 0.717) is 11.5 Å². The molecule has 0 amide bonds. The molecule has 31 heavy (non-hydrogen) atoms. The van der Waals surface area contributed by atoms with Crippen molar-refractivity contribution in [2.45, 2.75) is 44.4 Å². The first kappa shape index (κ1) is 21.1. The zero-order valence-corrected chi connectivity index (χ0v) is 18.0. The highest BCUT2D eigenvalue weighted by molar-refractivity contribution is 7.11. The Labute approximate surface area is 185 Å². The summed E-state index contributed by atoms with van der Waals surface area (Å²) in [6, 6.07) is 18.0. The van der Waals surface area contributed by atoms with Crippen LogP contribution >= 0.6 is 11.3 Å². The summed E-state index contributed by atoms with van der Waals surface area (Å²) < 4.78 is 0. The number of allylic oxidation sites excluding steroid dienone is 1. The molecule has 1 saturated carbocycles. The molecule has 1 aliphatic rings. The van der Waals surface area contributed by atoms with Gasteiger partial charge >= 0.3 is 5.97 Å². The van der Waals surface area contributed by atoms with Crippen LogP contribution in [0.2, 0.25) is 0 Å². The number of ketones is 1. The van der Waals surface area contributed by atoms with Crippen molar-refractivity contribution in [2.24, 2.45) is 0 Å². The molecule has 1 aromatic heterocycles. The van der Waals surface area contributed by atoms with E-state index in [1.807, 2.05) is 42.5 Å². The standard InChI is InChI=1S/C25H24N2O3S/c28-22(16-24-27-26-23(31-24)14-17-4-2-1-3-5-17)21-12-10-20(11-13-21)19-8-6-18(7-9-19)15-25(29)30/h1-5,10-13,15,19H,6-9,14,16H2,(H,29,30). The second kappa shape index (κ2) is 9.79. The minimum absolute atomic E-state index is 0.0456. The number of rotatable bonds is 7. The van der Waals surface area contributed by atoms with Crippen molar-refractivity contribution in [1.29, 1.82) is 0 Å². The lowest BCUT2D eigenvalue weighted by atomic mass is 9.81. The fraction of sp³-hybridized carbons (Fsp3) is 0.280. The van der Waals surface area contributed by atoms with E-state index in [1.54, 1.807) is 0 Å². The van der Waals surface area contributed by atoms with Crippen molar-refractivity contribution >= 4 is 23.1 Å². The van der Waals surface area contributed by atoms with E-state index >= 15 is 0 Å². The van der Waals surface area contributed by atoms with Gasteiger partial charge in [0.05, 0.1) is 6.42 Å². The lowest BCUT2D eigenvalue weighted by Crippen LogP contribution is -2.09. The molecule has 2 aromatic carbocycles. The first-order valence-electron chi connectivity index (χ1n) is 10.5. The third kappa shape index (κ3) is 5.73. The predicted molar refractivity (Wildman–Crippen MR) is 121 cm³/mol. The molecule has 1 N–H and O–H groups in total. The highest BCUT2D eigenvalue weighted by atomic mass is 32.1. The topological polar surface area (TPSA) is 80.1 Å². The van der Waals surface area contributed by atoms with Gasteiger partial charge < -0.3 is 5.11 Å². The molecule has 0 unspecified atom stereocenters. The summed E-state index contributed by atoms with van der Waals surface area (Å²) >= 11 is 1.49. The SMILES string of the molecule is O=C(O)C=C1CCC(c2ccc(C(=O)Cc3nnc(Cc4ccccc4)s3)cc2)CC1. The number of aromatic nitrogens is 2. The molecule has 1 fully saturated rings. The van der Waals surface area contributed by atoms with Crippen molar-refractivity contribution < 1.29 is 14.7 Å². The normalized spacial score (nSPS) is 16.1. The summed E-state index contributed by atoms with van der Waals surface area (Å²) in [5, 5.41) is 19.0. The van der Waals surface area contributed by atoms with Crippen molar-refractivity contribution in [2.75, 3.05) is 0 Å². The van der Waals surface area contributed by atoms with Crippen LogP contribution in [0.25, 0.3) is 0 Å². The Morgan fingerprint density at radius 1 is 0.968 bits per heavy atom. The van der Waals surface area contributed by atoms with E-state index in [2.05, 4.69) is 22.3 Å². The summed E-state index contributed by atoms with van der Waals surface area (Å²) in [6.07, 6.45) is 5.87. The van der Waals surface area contributed by atoms with Gasteiger partial charge in [0.15, 0.2) is 5.78 Å². The van der Waals surface area contributed by atoms with Crippen LogP contribution in [0.15, 0.2) is 66.2 Å². The summed E-state index contributed by atoms with van der Waals surface area (Å²) in [7, 11) is 0. The minimum atomic E-state index is -0.862. The van der Waals surface area contributed by atoms with E-state index in [9.17, 15) is 9.59 Å². The lowest BCUT2D eigenvalue weighted by molar-refractivity contribution is -0.131. The Kier molecular flexibility index (Phi) is 6.67. The van der Waals surface area contributed by atoms with Gasteiger partial charge in [0.1, 0.15) is 10.0 Å². The largest absolute Gasteiger partial charge is 0.478 e. The Morgan fingerprint density at radius 2 is 1.65 bits per heavy atom. The average Bonchev–Trinajstić information content (AvgIpc) is 3.21. The summed E-state index contributed by atoms with van der Waals surface area (Å²) in [6.45, 7) is 0. The van der Waals surface area contributed by atoms with Gasteiger partial charge in [-0.15, -0.1) is 21.5 Å². The van der Waals surface area contributed by atoms with Crippen LogP contribution in [0.5, 0.6) is 0 Å². The molecular weight excluding hydrogens is 408 g/mol. The third-order valence-electron chi connectivity index (χ3n) is 5.68. The molecule has 1 aliphatic carbocycles. The number of aliphatic carboxylic acids is 1. The Morgan fingerprint density at radius 3 is 2.32 bits per heavy atom. The Hall–Kier alpha value is -3.12. The quantitative estimate of drug-likeness (QED) is 0.409. The molecular formula is C25H24N2O3S. The monoisotopic (exact) mass is 432 g/mol. The first-order valence-corrected chi connectivity index (χ1v) is 11.3. The molecule has 0 saturated heterocycles. The van der Waals surface area contributed by atoms with Gasteiger partial charge in [-0.25, -0.2) is 4.79 Å². The molecule has 0 aliphatic heterocycles. The molecule has 4 rings (SSSR count). The van der Waals surface area contributed by atoms with Crippen LogP contribution in [-0.2, 0) is 17.6 Å². The number of hydrogen-bond donors (Lipinski definition) is 1. The molecule has 5 nitrogen and oxygen atoms in total. The Balaban J connectivity index is 1.33.